The molecule has 1 aliphatic heterocycles. The van der Waals surface area contributed by atoms with Crippen LogP contribution in [0.3, 0.4) is 0 Å². The van der Waals surface area contributed by atoms with Gasteiger partial charge in [0.05, 0.1) is 35.6 Å². The molecule has 1 aliphatic rings. The number of urea groups is 2. The molecular formula is C20H22Cl2N4O4. The lowest BCUT2D eigenvalue weighted by atomic mass is 10.2. The maximum absolute atomic E-state index is 13.6. The number of anilines is 2. The van der Waals surface area contributed by atoms with Crippen molar-refractivity contribution in [2.45, 2.75) is 6.29 Å². The predicted octanol–water partition coefficient (Wildman–Crippen LogP) is 4.35. The van der Waals surface area contributed by atoms with Gasteiger partial charge in [0, 0.05) is 7.05 Å². The first kappa shape index (κ1) is 22.0. The van der Waals surface area contributed by atoms with Gasteiger partial charge in [-0.05, 0) is 50.5 Å². The van der Waals surface area contributed by atoms with Crippen LogP contribution in [-0.2, 0) is 0 Å². The number of halogens is 2. The number of rotatable bonds is 5. The molecule has 1 fully saturated rings. The van der Waals surface area contributed by atoms with Crippen molar-refractivity contribution >= 4 is 46.6 Å². The summed E-state index contributed by atoms with van der Waals surface area (Å²) in [5, 5.41) is 0.630. The third-order valence-electron chi connectivity index (χ3n) is 4.74. The molecule has 4 amide bonds. The Balaban J connectivity index is 2.12. The second kappa shape index (κ2) is 8.59. The van der Waals surface area contributed by atoms with Gasteiger partial charge in [0.25, 0.3) is 0 Å². The van der Waals surface area contributed by atoms with Crippen molar-refractivity contribution < 1.29 is 19.1 Å². The van der Waals surface area contributed by atoms with Crippen molar-refractivity contribution in [3.05, 3.63) is 46.4 Å². The third-order valence-corrected chi connectivity index (χ3v) is 5.33. The lowest BCUT2D eigenvalue weighted by Gasteiger charge is -2.48. The molecule has 30 heavy (non-hydrogen) atoms. The first-order chi connectivity index (χ1) is 14.2. The van der Waals surface area contributed by atoms with Gasteiger partial charge in [-0.1, -0.05) is 23.2 Å². The van der Waals surface area contributed by atoms with Crippen LogP contribution in [0.1, 0.15) is 0 Å². The third kappa shape index (κ3) is 3.74. The lowest BCUT2D eigenvalue weighted by Crippen LogP contribution is -2.69. The lowest BCUT2D eigenvalue weighted by molar-refractivity contribution is 0.113. The minimum Gasteiger partial charge on any atom is -0.495 e. The van der Waals surface area contributed by atoms with Crippen molar-refractivity contribution in [3.8, 4) is 11.5 Å². The Bertz CT molecular complexity index is 985. The van der Waals surface area contributed by atoms with E-state index in [0.717, 1.165) is 4.90 Å². The maximum Gasteiger partial charge on any atom is 0.340 e. The molecule has 0 spiro atoms. The van der Waals surface area contributed by atoms with E-state index in [-0.39, 0.29) is 5.02 Å². The molecule has 0 saturated carbocycles. The summed E-state index contributed by atoms with van der Waals surface area (Å²) in [5.41, 5.74) is 0.831. The fourth-order valence-corrected chi connectivity index (χ4v) is 3.86. The predicted molar refractivity (Wildman–Crippen MR) is 117 cm³/mol. The van der Waals surface area contributed by atoms with Gasteiger partial charge in [-0.25, -0.2) is 14.5 Å². The fourth-order valence-electron chi connectivity index (χ4n) is 3.36. The highest BCUT2D eigenvalue weighted by atomic mass is 35.5. The first-order valence-electron chi connectivity index (χ1n) is 8.94. The smallest absolute Gasteiger partial charge is 0.340 e. The SMILES string of the molecule is COc1ccc(N2C(=O)N(C)C(N(C)C)N(c3ccc(OC)c(Cl)c3)C2=O)cc1Cl. The summed E-state index contributed by atoms with van der Waals surface area (Å²) in [6.45, 7) is 0. The Hall–Kier alpha value is -2.68. The quantitative estimate of drug-likeness (QED) is 0.674. The van der Waals surface area contributed by atoms with E-state index in [1.165, 1.54) is 30.1 Å². The highest BCUT2D eigenvalue weighted by molar-refractivity contribution is 6.33. The molecule has 1 unspecified atom stereocenters. The number of ether oxygens (including phenoxy) is 2. The highest BCUT2D eigenvalue weighted by Crippen LogP contribution is 2.36. The van der Waals surface area contributed by atoms with Crippen LogP contribution in [0.5, 0.6) is 11.5 Å². The summed E-state index contributed by atoms with van der Waals surface area (Å²) in [6.07, 6.45) is -0.667. The Kier molecular flexibility index (Phi) is 6.30. The van der Waals surface area contributed by atoms with Crippen molar-refractivity contribution in [2.75, 3.05) is 45.2 Å². The minimum absolute atomic E-state index is 0.284. The van der Waals surface area contributed by atoms with Gasteiger partial charge in [-0.2, -0.15) is 0 Å². The number of amides is 4. The van der Waals surface area contributed by atoms with Crippen LogP contribution in [0.25, 0.3) is 0 Å². The van der Waals surface area contributed by atoms with Crippen LogP contribution < -0.4 is 19.3 Å². The van der Waals surface area contributed by atoms with Gasteiger partial charge in [-0.15, -0.1) is 0 Å². The second-order valence-electron chi connectivity index (χ2n) is 6.83. The zero-order chi connectivity index (χ0) is 22.2. The molecule has 160 valence electrons. The van der Waals surface area contributed by atoms with Gasteiger partial charge in [0.1, 0.15) is 11.5 Å². The zero-order valence-corrected chi connectivity index (χ0v) is 18.7. The standard InChI is InChI=1S/C20H22Cl2N4O4/c1-23(2)18-24(3)19(27)26(13-7-9-17(30-5)15(22)11-13)20(28)25(18)12-6-8-16(29-4)14(21)10-12/h6-11,18H,1-5H3. The average Bonchev–Trinajstić information content (AvgIpc) is 2.70. The average molecular weight is 453 g/mol. The van der Waals surface area contributed by atoms with E-state index in [1.54, 1.807) is 56.4 Å². The number of carbonyl (C=O) groups is 2. The van der Waals surface area contributed by atoms with Crippen molar-refractivity contribution in [3.63, 3.8) is 0 Å². The molecule has 0 aromatic heterocycles. The molecule has 2 aromatic carbocycles. The Morgan fingerprint density at radius 1 is 0.867 bits per heavy atom. The van der Waals surface area contributed by atoms with E-state index in [1.807, 2.05) is 0 Å². The van der Waals surface area contributed by atoms with Crippen LogP contribution in [-0.4, -0.2) is 63.5 Å². The zero-order valence-electron chi connectivity index (χ0n) is 17.2. The molecule has 0 bridgehead atoms. The van der Waals surface area contributed by atoms with Crippen LogP contribution in [0.2, 0.25) is 10.0 Å². The van der Waals surface area contributed by atoms with Crippen LogP contribution >= 0.6 is 23.2 Å². The number of carbonyl (C=O) groups excluding carboxylic acids is 2. The van der Waals surface area contributed by atoms with E-state index in [9.17, 15) is 9.59 Å². The van der Waals surface area contributed by atoms with E-state index in [2.05, 4.69) is 0 Å². The molecule has 8 nitrogen and oxygen atoms in total. The first-order valence-corrected chi connectivity index (χ1v) is 9.70. The molecular weight excluding hydrogens is 431 g/mol. The van der Waals surface area contributed by atoms with Crippen LogP contribution in [0.15, 0.2) is 36.4 Å². The monoisotopic (exact) mass is 452 g/mol. The Morgan fingerprint density at radius 2 is 1.37 bits per heavy atom. The van der Waals surface area contributed by atoms with E-state index in [4.69, 9.17) is 32.7 Å². The molecule has 1 heterocycles. The molecule has 2 aromatic rings. The largest absolute Gasteiger partial charge is 0.495 e. The summed E-state index contributed by atoms with van der Waals surface area (Å²) < 4.78 is 10.4. The Labute approximate surface area is 185 Å². The Morgan fingerprint density at radius 3 is 1.83 bits per heavy atom. The molecule has 1 atom stereocenters. The van der Waals surface area contributed by atoms with Crippen molar-refractivity contribution in [1.29, 1.82) is 0 Å². The summed E-state index contributed by atoms with van der Waals surface area (Å²) in [7, 11) is 8.18. The number of hydrogen-bond donors (Lipinski definition) is 0. The van der Waals surface area contributed by atoms with Crippen molar-refractivity contribution in [1.82, 2.24) is 9.80 Å². The fraction of sp³-hybridized carbons (Fsp3) is 0.300. The number of nitrogens with zero attached hydrogens (tertiary/aromatic N) is 4. The molecule has 0 radical (unpaired) electrons. The molecule has 10 heteroatoms. The van der Waals surface area contributed by atoms with E-state index >= 15 is 0 Å². The molecule has 1 saturated heterocycles. The van der Waals surface area contributed by atoms with E-state index in [0.29, 0.717) is 27.9 Å². The number of imide groups is 1. The molecule has 0 aliphatic carbocycles. The van der Waals surface area contributed by atoms with Gasteiger partial charge in [0.2, 0.25) is 0 Å². The van der Waals surface area contributed by atoms with Gasteiger partial charge in [0.15, 0.2) is 6.29 Å². The number of methoxy groups -OCH3 is 2. The van der Waals surface area contributed by atoms with Gasteiger partial charge >= 0.3 is 12.1 Å². The molecule has 0 N–H and O–H groups in total. The van der Waals surface area contributed by atoms with Gasteiger partial charge in [-0.3, -0.25) is 14.7 Å². The highest BCUT2D eigenvalue weighted by Gasteiger charge is 2.45. The summed E-state index contributed by atoms with van der Waals surface area (Å²) >= 11 is 12.5. The summed E-state index contributed by atoms with van der Waals surface area (Å²) in [6, 6.07) is 8.69. The van der Waals surface area contributed by atoms with E-state index < -0.39 is 18.4 Å². The second-order valence-corrected chi connectivity index (χ2v) is 7.64. The summed E-state index contributed by atoms with van der Waals surface area (Å²) in [4.78, 5) is 32.4. The van der Waals surface area contributed by atoms with Gasteiger partial charge < -0.3 is 9.47 Å². The van der Waals surface area contributed by atoms with Crippen LogP contribution in [0, 0.1) is 0 Å². The normalized spacial score (nSPS) is 17.1. The molecule has 3 rings (SSSR count). The topological polar surface area (TPSA) is 65.6 Å². The number of benzene rings is 2. The minimum atomic E-state index is -0.667. The van der Waals surface area contributed by atoms with Crippen molar-refractivity contribution in [2.24, 2.45) is 0 Å². The van der Waals surface area contributed by atoms with Crippen LogP contribution in [0.4, 0.5) is 21.0 Å². The number of hydrogen-bond acceptors (Lipinski definition) is 5. The summed E-state index contributed by atoms with van der Waals surface area (Å²) in [5.74, 6) is 0.921. The maximum atomic E-state index is 13.6.